The number of carbonyl (C=O) groups excluding carboxylic acids is 1. The molecule has 5 nitrogen and oxygen atoms in total. The molecule has 1 aliphatic heterocycles. The molecule has 0 aromatic heterocycles. The van der Waals surface area contributed by atoms with Crippen LogP contribution < -0.4 is 10.2 Å². The first-order chi connectivity index (χ1) is 13.2. The Hall–Kier alpha value is -2.97. The monoisotopic (exact) mass is 380 g/mol. The number of hydrogen-bond acceptors (Lipinski definition) is 4. The third kappa shape index (κ3) is 5.02. The van der Waals surface area contributed by atoms with Gasteiger partial charge in [0.2, 0.25) is 0 Å². The molecule has 3 rings (SSSR count). The summed E-state index contributed by atoms with van der Waals surface area (Å²) in [5, 5.41) is 12.7. The lowest BCUT2D eigenvalue weighted by Gasteiger charge is -2.35. The highest BCUT2D eigenvalue weighted by Gasteiger charge is 2.17. The van der Waals surface area contributed by atoms with E-state index >= 15 is 0 Å². The van der Waals surface area contributed by atoms with Crippen molar-refractivity contribution in [2.75, 3.05) is 31.1 Å². The fourth-order valence-electron chi connectivity index (χ4n) is 2.98. The predicted octanol–water partition coefficient (Wildman–Crippen LogP) is 3.19. The van der Waals surface area contributed by atoms with Gasteiger partial charge in [0.15, 0.2) is 0 Å². The van der Waals surface area contributed by atoms with E-state index < -0.39 is 0 Å². The first-order valence-corrected chi connectivity index (χ1v) is 9.23. The Morgan fingerprint density at radius 3 is 2.41 bits per heavy atom. The average molecular weight is 381 g/mol. The highest BCUT2D eigenvalue weighted by molar-refractivity contribution is 6.31. The number of halogens is 1. The number of piperazine rings is 1. The first-order valence-electron chi connectivity index (χ1n) is 8.85. The van der Waals surface area contributed by atoms with E-state index in [0.717, 1.165) is 31.7 Å². The van der Waals surface area contributed by atoms with Gasteiger partial charge in [-0.3, -0.25) is 4.79 Å². The molecule has 1 aliphatic rings. The summed E-state index contributed by atoms with van der Waals surface area (Å²) >= 11 is 6.10. The normalized spacial score (nSPS) is 14.6. The second-order valence-corrected chi connectivity index (χ2v) is 6.69. The second kappa shape index (κ2) is 9.11. The fraction of sp³-hybridized carbons (Fsp3) is 0.238. The highest BCUT2D eigenvalue weighted by Crippen LogP contribution is 2.17. The predicted molar refractivity (Wildman–Crippen MR) is 107 cm³/mol. The molecule has 0 unspecified atom stereocenters. The molecule has 6 heteroatoms. The van der Waals surface area contributed by atoms with E-state index in [4.69, 9.17) is 11.6 Å². The number of nitrogens with zero attached hydrogens (tertiary/aromatic N) is 3. The Balaban J connectivity index is 1.56. The summed E-state index contributed by atoms with van der Waals surface area (Å²) in [6.45, 7) is 3.51. The summed E-state index contributed by atoms with van der Waals surface area (Å²) in [6.07, 6.45) is 1.66. The van der Waals surface area contributed by atoms with Crippen LogP contribution in [0.1, 0.15) is 5.56 Å². The van der Waals surface area contributed by atoms with Crippen molar-refractivity contribution in [2.24, 2.45) is 0 Å². The van der Waals surface area contributed by atoms with Crippen LogP contribution in [0.2, 0.25) is 5.02 Å². The van der Waals surface area contributed by atoms with Gasteiger partial charge < -0.3 is 15.1 Å². The molecule has 1 heterocycles. The zero-order valence-electron chi connectivity index (χ0n) is 14.9. The molecule has 1 fully saturated rings. The molecule has 0 saturated carbocycles. The largest absolute Gasteiger partial charge is 0.373 e. The molecule has 0 spiro atoms. The minimum absolute atomic E-state index is 0.107. The van der Waals surface area contributed by atoms with E-state index in [9.17, 15) is 10.1 Å². The third-order valence-corrected chi connectivity index (χ3v) is 4.88. The number of anilines is 1. The van der Waals surface area contributed by atoms with Crippen LogP contribution >= 0.6 is 11.6 Å². The minimum atomic E-state index is -0.386. The molecule has 138 valence electrons. The third-order valence-electron chi connectivity index (χ3n) is 4.51. The molecule has 0 aliphatic carbocycles. The first kappa shape index (κ1) is 18.8. The van der Waals surface area contributed by atoms with Crippen molar-refractivity contribution in [1.29, 1.82) is 5.26 Å². The average Bonchev–Trinajstić information content (AvgIpc) is 2.72. The standard InChI is InChI=1S/C21H21ClN4O/c22-20-9-5-4-6-17(20)15-24-21(27)18(14-23)16-25-10-12-26(13-11-25)19-7-2-1-3-8-19/h1-9,16H,10-13,15H2,(H,24,27)/b18-16-. The van der Waals surface area contributed by atoms with E-state index in [1.807, 2.05) is 47.4 Å². The Kier molecular flexibility index (Phi) is 6.35. The van der Waals surface area contributed by atoms with Gasteiger partial charge in [-0.15, -0.1) is 0 Å². The van der Waals surface area contributed by atoms with Gasteiger partial charge in [-0.05, 0) is 23.8 Å². The number of nitriles is 1. The van der Waals surface area contributed by atoms with Gasteiger partial charge in [0.25, 0.3) is 5.91 Å². The van der Waals surface area contributed by atoms with E-state index in [2.05, 4.69) is 22.3 Å². The van der Waals surface area contributed by atoms with Gasteiger partial charge in [-0.2, -0.15) is 5.26 Å². The number of benzene rings is 2. The van der Waals surface area contributed by atoms with Gasteiger partial charge in [-0.1, -0.05) is 48.0 Å². The zero-order valence-corrected chi connectivity index (χ0v) is 15.7. The lowest BCUT2D eigenvalue weighted by molar-refractivity contribution is -0.117. The van der Waals surface area contributed by atoms with Crippen molar-refractivity contribution in [3.8, 4) is 6.07 Å². The lowest BCUT2D eigenvalue weighted by Crippen LogP contribution is -2.44. The Labute approximate surface area is 164 Å². The summed E-state index contributed by atoms with van der Waals surface area (Å²) in [6, 6.07) is 19.6. The van der Waals surface area contributed by atoms with Gasteiger partial charge >= 0.3 is 0 Å². The van der Waals surface area contributed by atoms with Crippen molar-refractivity contribution in [2.45, 2.75) is 6.54 Å². The number of rotatable bonds is 5. The highest BCUT2D eigenvalue weighted by atomic mass is 35.5. The second-order valence-electron chi connectivity index (χ2n) is 6.29. The van der Waals surface area contributed by atoms with Crippen LogP contribution in [0.4, 0.5) is 5.69 Å². The van der Waals surface area contributed by atoms with Crippen LogP contribution in [0, 0.1) is 11.3 Å². The summed E-state index contributed by atoms with van der Waals surface area (Å²) in [5.74, 6) is -0.386. The number of para-hydroxylation sites is 1. The summed E-state index contributed by atoms with van der Waals surface area (Å²) < 4.78 is 0. The van der Waals surface area contributed by atoms with Crippen molar-refractivity contribution in [1.82, 2.24) is 10.2 Å². The number of nitrogens with one attached hydrogen (secondary N) is 1. The molecule has 0 bridgehead atoms. The Morgan fingerprint density at radius 1 is 1.07 bits per heavy atom. The lowest BCUT2D eigenvalue weighted by atomic mass is 10.2. The quantitative estimate of drug-likeness (QED) is 0.639. The van der Waals surface area contributed by atoms with Gasteiger partial charge in [0.1, 0.15) is 11.6 Å². The SMILES string of the molecule is N#C/C(=C/N1CCN(c2ccccc2)CC1)C(=O)NCc1ccccc1Cl. The topological polar surface area (TPSA) is 59.4 Å². The van der Waals surface area contributed by atoms with Gasteiger partial charge in [0, 0.05) is 49.6 Å². The molecular formula is C21H21ClN4O. The van der Waals surface area contributed by atoms with E-state index in [-0.39, 0.29) is 11.5 Å². The number of carbonyl (C=O) groups is 1. The van der Waals surface area contributed by atoms with Crippen molar-refractivity contribution < 1.29 is 4.79 Å². The molecule has 2 aromatic rings. The van der Waals surface area contributed by atoms with Crippen LogP contribution in [0.25, 0.3) is 0 Å². The van der Waals surface area contributed by atoms with E-state index in [0.29, 0.717) is 11.6 Å². The van der Waals surface area contributed by atoms with E-state index in [1.165, 1.54) is 5.69 Å². The van der Waals surface area contributed by atoms with Crippen molar-refractivity contribution in [3.05, 3.63) is 77.0 Å². The van der Waals surface area contributed by atoms with Crippen molar-refractivity contribution in [3.63, 3.8) is 0 Å². The van der Waals surface area contributed by atoms with Crippen LogP contribution in [0.5, 0.6) is 0 Å². The molecule has 1 amide bonds. The van der Waals surface area contributed by atoms with Gasteiger partial charge in [-0.25, -0.2) is 0 Å². The van der Waals surface area contributed by atoms with E-state index in [1.54, 1.807) is 12.3 Å². The molecule has 0 atom stereocenters. The zero-order chi connectivity index (χ0) is 19.1. The van der Waals surface area contributed by atoms with Crippen LogP contribution in [-0.4, -0.2) is 37.0 Å². The minimum Gasteiger partial charge on any atom is -0.373 e. The number of hydrogen-bond donors (Lipinski definition) is 1. The summed E-state index contributed by atoms with van der Waals surface area (Å²) in [7, 11) is 0. The Bertz CT molecular complexity index is 852. The maximum Gasteiger partial charge on any atom is 0.263 e. The molecule has 27 heavy (non-hydrogen) atoms. The molecule has 0 radical (unpaired) electrons. The van der Waals surface area contributed by atoms with Gasteiger partial charge in [0.05, 0.1) is 0 Å². The van der Waals surface area contributed by atoms with Crippen LogP contribution in [-0.2, 0) is 11.3 Å². The number of amides is 1. The fourth-order valence-corrected chi connectivity index (χ4v) is 3.18. The maximum absolute atomic E-state index is 12.3. The molecule has 1 N–H and O–H groups in total. The van der Waals surface area contributed by atoms with Crippen LogP contribution in [0.3, 0.4) is 0 Å². The van der Waals surface area contributed by atoms with Crippen molar-refractivity contribution >= 4 is 23.2 Å². The maximum atomic E-state index is 12.3. The molecule has 2 aromatic carbocycles. The molecule has 1 saturated heterocycles. The summed E-state index contributed by atoms with van der Waals surface area (Å²) in [4.78, 5) is 16.7. The Morgan fingerprint density at radius 2 is 1.74 bits per heavy atom. The molecular weight excluding hydrogens is 360 g/mol. The smallest absolute Gasteiger partial charge is 0.263 e. The summed E-state index contributed by atoms with van der Waals surface area (Å²) in [5.41, 5.74) is 2.12. The van der Waals surface area contributed by atoms with Crippen LogP contribution in [0.15, 0.2) is 66.4 Å².